The summed E-state index contributed by atoms with van der Waals surface area (Å²) in [5.41, 5.74) is 5.38. The van der Waals surface area contributed by atoms with Crippen LogP contribution >= 0.6 is 0 Å². The third kappa shape index (κ3) is 1.94. The summed E-state index contributed by atoms with van der Waals surface area (Å²) in [7, 11) is 0. The molecule has 0 saturated carbocycles. The van der Waals surface area contributed by atoms with Crippen LogP contribution in [0.5, 0.6) is 0 Å². The lowest BCUT2D eigenvalue weighted by Gasteiger charge is -2.03. The van der Waals surface area contributed by atoms with Crippen LogP contribution in [0.25, 0.3) is 6.08 Å². The minimum absolute atomic E-state index is 0.939. The van der Waals surface area contributed by atoms with Crippen molar-refractivity contribution < 1.29 is 0 Å². The monoisotopic (exact) mass is 195 g/mol. The maximum Gasteiger partial charge on any atom is 0.0167 e. The van der Waals surface area contributed by atoms with Gasteiger partial charge in [0.25, 0.3) is 0 Å². The van der Waals surface area contributed by atoms with E-state index in [0.717, 1.165) is 12.8 Å². The molecule has 0 aromatic heterocycles. The summed E-state index contributed by atoms with van der Waals surface area (Å²) in [5.74, 6) is 0. The average molecular weight is 195 g/mol. The molecule has 75 valence electrons. The van der Waals surface area contributed by atoms with E-state index in [1.165, 1.54) is 22.3 Å². The van der Waals surface area contributed by atoms with E-state index in [0.29, 0.717) is 0 Å². The molecule has 0 bridgehead atoms. The van der Waals surface area contributed by atoms with E-state index in [1.807, 2.05) is 12.2 Å². The summed E-state index contributed by atoms with van der Waals surface area (Å²) in [5, 5.41) is 0. The molecule has 1 radical (unpaired) electrons. The van der Waals surface area contributed by atoms with E-state index in [-0.39, 0.29) is 0 Å². The fourth-order valence-electron chi connectivity index (χ4n) is 1.98. The van der Waals surface area contributed by atoms with E-state index < -0.39 is 0 Å². The van der Waals surface area contributed by atoms with Crippen LogP contribution in [-0.2, 0) is 6.42 Å². The molecule has 0 N–H and O–H groups in total. The van der Waals surface area contributed by atoms with Gasteiger partial charge in [0.15, 0.2) is 0 Å². The molecule has 15 heavy (non-hydrogen) atoms. The number of fused-ring (bicyclic) bond motifs is 1. The van der Waals surface area contributed by atoms with E-state index in [4.69, 9.17) is 0 Å². The molecule has 0 fully saturated rings. The van der Waals surface area contributed by atoms with Gasteiger partial charge in [-0.3, -0.25) is 0 Å². The number of rotatable bonds is 4. The smallest absolute Gasteiger partial charge is 0.0167 e. The summed E-state index contributed by atoms with van der Waals surface area (Å²) < 4.78 is 0. The molecule has 0 amide bonds. The Balaban J connectivity index is 2.35. The van der Waals surface area contributed by atoms with Crippen molar-refractivity contribution >= 4 is 6.08 Å². The molecule has 0 heteroatoms. The highest BCUT2D eigenvalue weighted by atomic mass is 14.2. The molecule has 0 nitrogen and oxygen atoms in total. The zero-order valence-corrected chi connectivity index (χ0v) is 8.87. The topological polar surface area (TPSA) is 0 Å². The maximum absolute atomic E-state index is 3.79. The molecular formula is C15H15. The van der Waals surface area contributed by atoms with Crippen LogP contribution in [0.15, 0.2) is 49.1 Å². The SMILES string of the molecule is C=CCC1=Cc2c(cccc2CC=C)[CH]1. The van der Waals surface area contributed by atoms with Crippen molar-refractivity contribution in [1.82, 2.24) is 0 Å². The second-order valence-electron chi connectivity index (χ2n) is 3.77. The predicted octanol–water partition coefficient (Wildman–Crippen LogP) is 3.94. The normalized spacial score (nSPS) is 13.2. The van der Waals surface area contributed by atoms with Gasteiger partial charge in [-0.05, 0) is 29.5 Å². The highest BCUT2D eigenvalue weighted by Gasteiger charge is 2.14. The minimum atomic E-state index is 0.939. The van der Waals surface area contributed by atoms with Crippen LogP contribution in [0.3, 0.4) is 0 Å². The van der Waals surface area contributed by atoms with Crippen molar-refractivity contribution in [2.75, 3.05) is 0 Å². The summed E-state index contributed by atoms with van der Waals surface area (Å²) in [6.45, 7) is 7.56. The molecule has 1 aromatic carbocycles. The van der Waals surface area contributed by atoms with Gasteiger partial charge < -0.3 is 0 Å². The summed E-state index contributed by atoms with van der Waals surface area (Å²) in [6.07, 6.45) is 10.3. The van der Waals surface area contributed by atoms with Gasteiger partial charge in [-0.15, -0.1) is 13.2 Å². The van der Waals surface area contributed by atoms with Gasteiger partial charge in [0.2, 0.25) is 0 Å². The van der Waals surface area contributed by atoms with Crippen LogP contribution < -0.4 is 0 Å². The second-order valence-corrected chi connectivity index (χ2v) is 3.77. The van der Waals surface area contributed by atoms with Gasteiger partial charge >= 0.3 is 0 Å². The number of benzene rings is 1. The lowest BCUT2D eigenvalue weighted by atomic mass is 10.0. The number of hydrogen-bond donors (Lipinski definition) is 0. The number of hydrogen-bond acceptors (Lipinski definition) is 0. The second kappa shape index (κ2) is 4.31. The molecule has 2 rings (SSSR count). The zero-order valence-electron chi connectivity index (χ0n) is 8.87. The highest BCUT2D eigenvalue weighted by Crippen LogP contribution is 2.31. The van der Waals surface area contributed by atoms with Crippen molar-refractivity contribution in [3.05, 3.63) is 72.2 Å². The lowest BCUT2D eigenvalue weighted by molar-refractivity contribution is 1.25. The molecule has 1 aliphatic carbocycles. The first kappa shape index (κ1) is 9.97. The molecular weight excluding hydrogens is 180 g/mol. The Labute approximate surface area is 91.6 Å². The van der Waals surface area contributed by atoms with Crippen LogP contribution in [0.2, 0.25) is 0 Å². The first-order valence-electron chi connectivity index (χ1n) is 5.24. The van der Waals surface area contributed by atoms with E-state index in [1.54, 1.807) is 0 Å². The van der Waals surface area contributed by atoms with Gasteiger partial charge in [0.05, 0.1) is 0 Å². The molecule has 1 aliphatic rings. The van der Waals surface area contributed by atoms with Gasteiger partial charge in [0.1, 0.15) is 0 Å². The summed E-state index contributed by atoms with van der Waals surface area (Å²) in [4.78, 5) is 0. The largest absolute Gasteiger partial charge is 0.103 e. The van der Waals surface area contributed by atoms with Crippen molar-refractivity contribution in [3.8, 4) is 0 Å². The van der Waals surface area contributed by atoms with Crippen molar-refractivity contribution in [3.63, 3.8) is 0 Å². The molecule has 0 heterocycles. The fourth-order valence-corrected chi connectivity index (χ4v) is 1.98. The van der Waals surface area contributed by atoms with Gasteiger partial charge in [-0.1, -0.05) is 42.0 Å². The van der Waals surface area contributed by atoms with Crippen LogP contribution in [0.4, 0.5) is 0 Å². The van der Waals surface area contributed by atoms with Crippen LogP contribution in [-0.4, -0.2) is 0 Å². The predicted molar refractivity (Wildman–Crippen MR) is 66.5 cm³/mol. The van der Waals surface area contributed by atoms with E-state index in [2.05, 4.69) is 43.9 Å². The summed E-state index contributed by atoms with van der Waals surface area (Å²) in [6, 6.07) is 6.44. The lowest BCUT2D eigenvalue weighted by Crippen LogP contribution is -1.88. The highest BCUT2D eigenvalue weighted by molar-refractivity contribution is 5.72. The maximum atomic E-state index is 3.79. The number of allylic oxidation sites excluding steroid dienone is 3. The molecule has 0 aliphatic heterocycles. The van der Waals surface area contributed by atoms with Crippen molar-refractivity contribution in [2.24, 2.45) is 0 Å². The molecule has 0 atom stereocenters. The third-order valence-electron chi connectivity index (χ3n) is 2.65. The Morgan fingerprint density at radius 3 is 2.60 bits per heavy atom. The van der Waals surface area contributed by atoms with Crippen LogP contribution in [0, 0.1) is 6.42 Å². The molecule has 0 spiro atoms. The Hall–Kier alpha value is -1.56. The summed E-state index contributed by atoms with van der Waals surface area (Å²) >= 11 is 0. The van der Waals surface area contributed by atoms with Crippen LogP contribution in [0.1, 0.15) is 23.1 Å². The molecule has 1 aromatic rings. The quantitative estimate of drug-likeness (QED) is 0.638. The zero-order chi connectivity index (χ0) is 10.7. The Morgan fingerprint density at radius 2 is 1.87 bits per heavy atom. The fraction of sp³-hybridized carbons (Fsp3) is 0.133. The van der Waals surface area contributed by atoms with Gasteiger partial charge in [0, 0.05) is 6.42 Å². The Morgan fingerprint density at radius 1 is 1.07 bits per heavy atom. The van der Waals surface area contributed by atoms with Crippen molar-refractivity contribution in [2.45, 2.75) is 12.8 Å². The molecule has 0 saturated heterocycles. The Bertz CT molecular complexity index is 422. The average Bonchev–Trinajstić information content (AvgIpc) is 2.62. The van der Waals surface area contributed by atoms with Gasteiger partial charge in [-0.2, -0.15) is 0 Å². The van der Waals surface area contributed by atoms with E-state index in [9.17, 15) is 0 Å². The van der Waals surface area contributed by atoms with E-state index >= 15 is 0 Å². The minimum Gasteiger partial charge on any atom is -0.103 e. The standard InChI is InChI=1S/C15H15/c1-3-6-12-10-14-9-5-8-13(7-4-2)15(14)11-12/h3-5,8-11H,1-2,6-7H2. The first-order chi connectivity index (χ1) is 7.35. The van der Waals surface area contributed by atoms with Gasteiger partial charge in [-0.25, -0.2) is 0 Å². The Kier molecular flexibility index (Phi) is 2.86. The molecule has 0 unspecified atom stereocenters. The first-order valence-corrected chi connectivity index (χ1v) is 5.24. The van der Waals surface area contributed by atoms with Crippen molar-refractivity contribution in [1.29, 1.82) is 0 Å². The third-order valence-corrected chi connectivity index (χ3v) is 2.65.